The van der Waals surface area contributed by atoms with Crippen molar-refractivity contribution in [3.63, 3.8) is 0 Å². The molecule has 0 radical (unpaired) electrons. The highest BCUT2D eigenvalue weighted by atomic mass is 16.7. The van der Waals surface area contributed by atoms with Gasteiger partial charge in [-0.15, -0.1) is 0 Å². The lowest BCUT2D eigenvalue weighted by atomic mass is 10.1. The molecule has 0 aliphatic carbocycles. The van der Waals surface area contributed by atoms with Gasteiger partial charge < -0.3 is 15.3 Å². The van der Waals surface area contributed by atoms with Crippen molar-refractivity contribution in [1.29, 1.82) is 0 Å². The molecule has 2 N–H and O–H groups in total. The van der Waals surface area contributed by atoms with E-state index in [9.17, 15) is 4.79 Å². The Morgan fingerprint density at radius 2 is 2.40 bits per heavy atom. The Bertz CT molecular complexity index is 413. The fourth-order valence-corrected chi connectivity index (χ4v) is 1.17. The first-order valence-corrected chi connectivity index (χ1v) is 4.11. The molecular weight excluding hydrogens is 204 g/mol. The van der Waals surface area contributed by atoms with Crippen LogP contribution in [0.15, 0.2) is 9.78 Å². The molecule has 0 saturated heterocycles. The Morgan fingerprint density at radius 1 is 1.60 bits per heavy atom. The number of nitrogens with two attached hydrogens (primary N) is 1. The number of nitrogens with zero attached hydrogens (tertiary/aromatic N) is 3. The minimum absolute atomic E-state index is 0.114. The average molecular weight is 212 g/mol. The Balaban J connectivity index is 2.10. The van der Waals surface area contributed by atoms with Crippen LogP contribution < -0.4 is 5.73 Å². The molecule has 1 aromatic heterocycles. The smallest absolute Gasteiger partial charge is 0.350 e. The van der Waals surface area contributed by atoms with E-state index in [-0.39, 0.29) is 12.2 Å². The lowest BCUT2D eigenvalue weighted by Crippen LogP contribution is -2.22. The summed E-state index contributed by atoms with van der Waals surface area (Å²) >= 11 is 0. The number of oxime groups is 1. The van der Waals surface area contributed by atoms with Crippen molar-refractivity contribution in [3.05, 3.63) is 5.69 Å². The average Bonchev–Trinajstić information content (AvgIpc) is 2.84. The van der Waals surface area contributed by atoms with Crippen LogP contribution in [0.25, 0.3) is 0 Å². The number of carbonyl (C=O) groups excluding carboxylic acids is 1. The Labute approximate surface area is 84.0 Å². The van der Waals surface area contributed by atoms with Gasteiger partial charge in [0.2, 0.25) is 6.10 Å². The van der Waals surface area contributed by atoms with E-state index in [4.69, 9.17) is 10.6 Å². The topological polar surface area (TPSA) is 113 Å². The molecule has 2 heterocycles. The van der Waals surface area contributed by atoms with Crippen molar-refractivity contribution in [2.45, 2.75) is 12.5 Å². The molecule has 1 unspecified atom stereocenters. The molecular formula is C7H8N4O4. The highest BCUT2D eigenvalue weighted by Crippen LogP contribution is 2.18. The third-order valence-electron chi connectivity index (χ3n) is 1.92. The zero-order valence-electron chi connectivity index (χ0n) is 7.84. The number of anilines is 1. The normalized spacial score (nSPS) is 19.5. The van der Waals surface area contributed by atoms with Gasteiger partial charge in [0, 0.05) is 6.42 Å². The molecule has 1 aliphatic heterocycles. The molecule has 0 bridgehead atoms. The zero-order chi connectivity index (χ0) is 10.8. The molecule has 2 rings (SSSR count). The number of rotatable bonds is 2. The summed E-state index contributed by atoms with van der Waals surface area (Å²) in [6, 6.07) is 0. The summed E-state index contributed by atoms with van der Waals surface area (Å²) in [4.78, 5) is 15.9. The van der Waals surface area contributed by atoms with Crippen molar-refractivity contribution >= 4 is 17.5 Å². The lowest BCUT2D eigenvalue weighted by Gasteiger charge is -2.03. The minimum Gasteiger partial charge on any atom is -0.466 e. The van der Waals surface area contributed by atoms with Crippen LogP contribution in [0.1, 0.15) is 12.1 Å². The van der Waals surface area contributed by atoms with Gasteiger partial charge >= 0.3 is 5.97 Å². The highest BCUT2D eigenvalue weighted by Gasteiger charge is 2.32. The van der Waals surface area contributed by atoms with Crippen LogP contribution in [0.2, 0.25) is 0 Å². The molecule has 80 valence electrons. The molecule has 8 nitrogen and oxygen atoms in total. The van der Waals surface area contributed by atoms with Gasteiger partial charge in [-0.25, -0.2) is 9.42 Å². The van der Waals surface area contributed by atoms with Crippen molar-refractivity contribution in [1.82, 2.24) is 10.3 Å². The first kappa shape index (κ1) is 9.44. The number of hydrogen-bond acceptors (Lipinski definition) is 8. The van der Waals surface area contributed by atoms with Crippen LogP contribution in [0.3, 0.4) is 0 Å². The maximum Gasteiger partial charge on any atom is 0.350 e. The summed E-state index contributed by atoms with van der Waals surface area (Å²) < 4.78 is 8.90. The van der Waals surface area contributed by atoms with E-state index in [1.807, 2.05) is 0 Å². The minimum atomic E-state index is -0.749. The molecule has 0 aromatic carbocycles. The molecule has 0 amide bonds. The molecule has 1 aromatic rings. The summed E-state index contributed by atoms with van der Waals surface area (Å²) in [5.41, 5.74) is 6.17. The van der Waals surface area contributed by atoms with Gasteiger partial charge in [0.05, 0.1) is 7.11 Å². The molecule has 8 heteroatoms. The predicted molar refractivity (Wildman–Crippen MR) is 46.8 cm³/mol. The number of hydrogen-bond donors (Lipinski definition) is 1. The number of ether oxygens (including phenoxy) is 1. The highest BCUT2D eigenvalue weighted by molar-refractivity contribution is 6.04. The van der Waals surface area contributed by atoms with Gasteiger partial charge in [-0.3, -0.25) is 0 Å². The van der Waals surface area contributed by atoms with Gasteiger partial charge in [0.25, 0.3) is 0 Å². The Hall–Kier alpha value is -2.12. The quantitative estimate of drug-likeness (QED) is 0.646. The third-order valence-corrected chi connectivity index (χ3v) is 1.92. The first-order chi connectivity index (χ1) is 7.22. The second kappa shape index (κ2) is 3.56. The number of carbonyl (C=O) groups is 1. The van der Waals surface area contributed by atoms with Crippen molar-refractivity contribution < 1.29 is 19.0 Å². The predicted octanol–water partition coefficient (Wildman–Crippen LogP) is -0.682. The van der Waals surface area contributed by atoms with Gasteiger partial charge in [-0.1, -0.05) is 5.16 Å². The van der Waals surface area contributed by atoms with Crippen LogP contribution in [-0.4, -0.2) is 35.2 Å². The second-order valence-corrected chi connectivity index (χ2v) is 2.86. The molecule has 1 aliphatic rings. The van der Waals surface area contributed by atoms with Crippen molar-refractivity contribution in [3.8, 4) is 0 Å². The van der Waals surface area contributed by atoms with Gasteiger partial charge in [0.15, 0.2) is 11.5 Å². The summed E-state index contributed by atoms with van der Waals surface area (Å²) in [6.07, 6.45) is -0.508. The first-order valence-electron chi connectivity index (χ1n) is 4.11. The van der Waals surface area contributed by atoms with Crippen LogP contribution in [0.5, 0.6) is 0 Å². The maximum atomic E-state index is 11.1. The maximum absolute atomic E-state index is 11.1. The van der Waals surface area contributed by atoms with Gasteiger partial charge in [-0.2, -0.15) is 0 Å². The number of methoxy groups -OCH3 is 1. The van der Waals surface area contributed by atoms with E-state index < -0.39 is 12.1 Å². The fourth-order valence-electron chi connectivity index (χ4n) is 1.17. The monoisotopic (exact) mass is 212 g/mol. The van der Waals surface area contributed by atoms with Crippen LogP contribution in [0.4, 0.5) is 5.82 Å². The van der Waals surface area contributed by atoms with Gasteiger partial charge in [-0.05, 0) is 10.3 Å². The molecule has 0 fully saturated rings. The van der Waals surface area contributed by atoms with E-state index in [1.165, 1.54) is 7.11 Å². The van der Waals surface area contributed by atoms with E-state index >= 15 is 0 Å². The second-order valence-electron chi connectivity index (χ2n) is 2.86. The van der Waals surface area contributed by atoms with E-state index in [0.29, 0.717) is 11.4 Å². The molecule has 0 spiro atoms. The summed E-state index contributed by atoms with van der Waals surface area (Å²) in [5, 5.41) is 10.6. The van der Waals surface area contributed by atoms with Crippen molar-refractivity contribution in [2.75, 3.05) is 12.8 Å². The van der Waals surface area contributed by atoms with Crippen LogP contribution in [-0.2, 0) is 14.4 Å². The largest absolute Gasteiger partial charge is 0.466 e. The summed E-state index contributed by atoms with van der Waals surface area (Å²) in [5.74, 6) is -0.383. The number of aromatic nitrogens is 2. The van der Waals surface area contributed by atoms with E-state index in [0.717, 1.165) is 0 Å². The summed E-state index contributed by atoms with van der Waals surface area (Å²) in [6.45, 7) is 0. The molecule has 15 heavy (non-hydrogen) atoms. The van der Waals surface area contributed by atoms with Gasteiger partial charge in [0.1, 0.15) is 5.71 Å². The van der Waals surface area contributed by atoms with Crippen molar-refractivity contribution in [2.24, 2.45) is 5.16 Å². The van der Waals surface area contributed by atoms with Crippen LogP contribution >= 0.6 is 0 Å². The SMILES string of the molecule is COC(=O)C1CC(c2nonc2N)=NO1. The van der Waals surface area contributed by atoms with Crippen LogP contribution in [0, 0.1) is 0 Å². The fraction of sp³-hybridized carbons (Fsp3) is 0.429. The number of esters is 1. The van der Waals surface area contributed by atoms with E-state index in [1.54, 1.807) is 0 Å². The Morgan fingerprint density at radius 3 is 3.00 bits per heavy atom. The number of nitrogen functional groups attached to an aromatic ring is 1. The molecule has 0 saturated carbocycles. The Kier molecular flexibility index (Phi) is 2.24. The molecule has 1 atom stereocenters. The third kappa shape index (κ3) is 1.60. The summed E-state index contributed by atoms with van der Waals surface area (Å²) in [7, 11) is 1.27. The van der Waals surface area contributed by atoms with E-state index in [2.05, 4.69) is 24.8 Å². The standard InChI is InChI=1S/C7H8N4O4/c1-13-7(12)4-2-3(9-14-4)5-6(8)11-15-10-5/h4H,2H2,1H3,(H2,8,11). The lowest BCUT2D eigenvalue weighted by molar-refractivity contribution is -0.152. The zero-order valence-corrected chi connectivity index (χ0v) is 7.84.